The molecule has 0 amide bonds. The lowest BCUT2D eigenvalue weighted by atomic mass is 10.5. The standard InChI is InChI=1S/C4H8NO/c5-3-1-2-4-6/h1-2,5-6H,3-4H2. The van der Waals surface area contributed by atoms with Crippen molar-refractivity contribution in [2.75, 3.05) is 13.2 Å². The van der Waals surface area contributed by atoms with Crippen LogP contribution < -0.4 is 5.73 Å². The fourth-order valence-electron chi connectivity index (χ4n) is 0.158. The average molecular weight is 86.1 g/mol. The van der Waals surface area contributed by atoms with Crippen LogP contribution in [0.1, 0.15) is 0 Å². The molecule has 0 unspecified atom stereocenters. The predicted octanol–water partition coefficient (Wildman–Crippen LogP) is -0.182. The van der Waals surface area contributed by atoms with Gasteiger partial charge in [-0.3, -0.25) is 5.73 Å². The highest BCUT2D eigenvalue weighted by Crippen LogP contribution is 1.62. The van der Waals surface area contributed by atoms with Gasteiger partial charge in [0.1, 0.15) is 0 Å². The fraction of sp³-hybridized carbons (Fsp3) is 0.500. The van der Waals surface area contributed by atoms with Crippen LogP contribution >= 0.6 is 0 Å². The molecule has 0 aliphatic carbocycles. The predicted molar refractivity (Wildman–Crippen MR) is 24.2 cm³/mol. The highest BCUT2D eigenvalue weighted by atomic mass is 16.2. The van der Waals surface area contributed by atoms with Crippen molar-refractivity contribution in [3.05, 3.63) is 12.2 Å². The summed E-state index contributed by atoms with van der Waals surface area (Å²) in [5, 5.41) is 8.03. The van der Waals surface area contributed by atoms with E-state index in [1.165, 1.54) is 0 Å². The molecule has 0 aromatic carbocycles. The normalized spacial score (nSPS) is 10.3. The van der Waals surface area contributed by atoms with Crippen LogP contribution in [0, 0.1) is 0 Å². The third-order valence-electron chi connectivity index (χ3n) is 0.390. The summed E-state index contributed by atoms with van der Waals surface area (Å²) in [7, 11) is 0. The second-order valence-electron chi connectivity index (χ2n) is 0.858. The Morgan fingerprint density at radius 2 is 2.17 bits per heavy atom. The van der Waals surface area contributed by atoms with Gasteiger partial charge in [-0.25, -0.2) is 0 Å². The molecule has 0 aliphatic heterocycles. The summed E-state index contributed by atoms with van der Waals surface area (Å²) in [6.45, 7) is 0.319. The Hall–Kier alpha value is -0.340. The van der Waals surface area contributed by atoms with E-state index in [1.54, 1.807) is 12.2 Å². The minimum Gasteiger partial charge on any atom is -0.392 e. The molecule has 0 spiro atoms. The third kappa shape index (κ3) is 3.66. The molecule has 35 valence electrons. The van der Waals surface area contributed by atoms with E-state index in [9.17, 15) is 0 Å². The van der Waals surface area contributed by atoms with Crippen LogP contribution in [0.3, 0.4) is 0 Å². The van der Waals surface area contributed by atoms with E-state index in [4.69, 9.17) is 10.8 Å². The molecule has 0 rings (SSSR count). The van der Waals surface area contributed by atoms with Crippen molar-refractivity contribution in [3.8, 4) is 0 Å². The van der Waals surface area contributed by atoms with Crippen molar-refractivity contribution in [3.63, 3.8) is 0 Å². The minimum absolute atomic E-state index is 0.0544. The van der Waals surface area contributed by atoms with Gasteiger partial charge in [-0.15, -0.1) is 0 Å². The Kier molecular flexibility index (Phi) is 4.40. The van der Waals surface area contributed by atoms with E-state index in [0.29, 0.717) is 0 Å². The van der Waals surface area contributed by atoms with Crippen LogP contribution in [-0.2, 0) is 0 Å². The van der Waals surface area contributed by atoms with E-state index >= 15 is 0 Å². The van der Waals surface area contributed by atoms with Gasteiger partial charge in [-0.2, -0.15) is 0 Å². The van der Waals surface area contributed by atoms with Crippen LogP contribution in [0.4, 0.5) is 0 Å². The molecule has 0 atom stereocenters. The van der Waals surface area contributed by atoms with Crippen molar-refractivity contribution in [1.29, 1.82) is 0 Å². The van der Waals surface area contributed by atoms with Crippen molar-refractivity contribution in [1.82, 2.24) is 5.73 Å². The van der Waals surface area contributed by atoms with Crippen molar-refractivity contribution < 1.29 is 5.11 Å². The zero-order valence-electron chi connectivity index (χ0n) is 3.52. The highest BCUT2D eigenvalue weighted by Gasteiger charge is 1.61. The lowest BCUT2D eigenvalue weighted by Gasteiger charge is -1.72. The molecule has 1 radical (unpaired) electrons. The summed E-state index contributed by atoms with van der Waals surface area (Å²) in [4.78, 5) is 0. The van der Waals surface area contributed by atoms with Crippen molar-refractivity contribution in [2.24, 2.45) is 0 Å². The van der Waals surface area contributed by atoms with E-state index in [0.717, 1.165) is 0 Å². The molecule has 0 heterocycles. The number of aliphatic hydroxyl groups is 1. The van der Waals surface area contributed by atoms with Crippen molar-refractivity contribution in [2.45, 2.75) is 0 Å². The minimum atomic E-state index is 0.0544. The molecule has 0 saturated heterocycles. The summed E-state index contributed by atoms with van der Waals surface area (Å²) < 4.78 is 0. The first kappa shape index (κ1) is 5.66. The number of nitrogens with one attached hydrogen (secondary N) is 1. The van der Waals surface area contributed by atoms with Crippen LogP contribution in [0.5, 0.6) is 0 Å². The molecule has 2 nitrogen and oxygen atoms in total. The molecule has 0 aromatic heterocycles. The van der Waals surface area contributed by atoms with Crippen LogP contribution in [-0.4, -0.2) is 18.3 Å². The van der Waals surface area contributed by atoms with Gasteiger partial charge < -0.3 is 5.11 Å². The second-order valence-corrected chi connectivity index (χ2v) is 0.858. The zero-order chi connectivity index (χ0) is 4.83. The van der Waals surface area contributed by atoms with E-state index in [1.807, 2.05) is 0 Å². The first-order valence-electron chi connectivity index (χ1n) is 1.82. The van der Waals surface area contributed by atoms with Gasteiger partial charge in [-0.1, -0.05) is 12.2 Å². The van der Waals surface area contributed by atoms with Gasteiger partial charge in [0.2, 0.25) is 0 Å². The maximum absolute atomic E-state index is 8.03. The average Bonchev–Trinajstić information content (AvgIpc) is 1.61. The summed E-state index contributed by atoms with van der Waals surface area (Å²) in [5.74, 6) is 0. The molecular weight excluding hydrogens is 78.0 g/mol. The zero-order valence-corrected chi connectivity index (χ0v) is 3.52. The molecule has 0 aliphatic rings. The Bertz CT molecular complexity index is 36.8. The summed E-state index contributed by atoms with van der Waals surface area (Å²) >= 11 is 0. The first-order valence-corrected chi connectivity index (χ1v) is 1.82. The Balaban J connectivity index is 2.73. The lowest BCUT2D eigenvalue weighted by Crippen LogP contribution is -1.76. The number of aliphatic hydroxyl groups excluding tert-OH is 1. The van der Waals surface area contributed by atoms with E-state index < -0.39 is 0 Å². The smallest absolute Gasteiger partial charge is 0.0612 e. The lowest BCUT2D eigenvalue weighted by molar-refractivity contribution is 0.342. The SMILES string of the molecule is [NH]CC=CCO. The van der Waals surface area contributed by atoms with Gasteiger partial charge in [0.25, 0.3) is 0 Å². The first-order chi connectivity index (χ1) is 2.91. The molecule has 0 saturated carbocycles. The van der Waals surface area contributed by atoms with Crippen molar-refractivity contribution >= 4 is 0 Å². The van der Waals surface area contributed by atoms with Crippen LogP contribution in [0.15, 0.2) is 12.2 Å². The Labute approximate surface area is 37.3 Å². The quantitative estimate of drug-likeness (QED) is 0.465. The summed E-state index contributed by atoms with van der Waals surface area (Å²) in [6, 6.07) is 0. The Morgan fingerprint density at radius 3 is 2.33 bits per heavy atom. The van der Waals surface area contributed by atoms with Gasteiger partial charge in [0, 0.05) is 6.54 Å². The van der Waals surface area contributed by atoms with E-state index in [-0.39, 0.29) is 13.2 Å². The molecule has 0 bridgehead atoms. The number of hydrogen-bond acceptors (Lipinski definition) is 1. The topological polar surface area (TPSA) is 44.0 Å². The van der Waals surface area contributed by atoms with Gasteiger partial charge in [0.15, 0.2) is 0 Å². The maximum atomic E-state index is 8.03. The summed E-state index contributed by atoms with van der Waals surface area (Å²) in [6.07, 6.45) is 3.15. The molecule has 2 heteroatoms. The largest absolute Gasteiger partial charge is 0.392 e. The molecule has 0 fully saturated rings. The monoisotopic (exact) mass is 86.1 g/mol. The van der Waals surface area contributed by atoms with Gasteiger partial charge in [0.05, 0.1) is 6.61 Å². The second kappa shape index (κ2) is 4.66. The van der Waals surface area contributed by atoms with Gasteiger partial charge in [-0.05, 0) is 0 Å². The highest BCUT2D eigenvalue weighted by molar-refractivity contribution is 4.80. The molecule has 2 N–H and O–H groups in total. The molecule has 0 aromatic rings. The van der Waals surface area contributed by atoms with Crippen LogP contribution in [0.2, 0.25) is 0 Å². The third-order valence-corrected chi connectivity index (χ3v) is 0.390. The van der Waals surface area contributed by atoms with E-state index in [2.05, 4.69) is 0 Å². The Morgan fingerprint density at radius 1 is 1.50 bits per heavy atom. The fourth-order valence-corrected chi connectivity index (χ4v) is 0.158. The number of rotatable bonds is 2. The van der Waals surface area contributed by atoms with Gasteiger partial charge >= 0.3 is 0 Å². The molecule has 6 heavy (non-hydrogen) atoms. The summed E-state index contributed by atoms with van der Waals surface area (Å²) in [5.41, 5.74) is 6.51. The molecular formula is C4H8NO. The number of hydrogen-bond donors (Lipinski definition) is 1. The maximum Gasteiger partial charge on any atom is 0.0612 e. The van der Waals surface area contributed by atoms with Crippen LogP contribution in [0.25, 0.3) is 0 Å².